The molecule has 0 aliphatic heterocycles. The van der Waals surface area contributed by atoms with Crippen molar-refractivity contribution in [2.45, 2.75) is 66.5 Å². The molecule has 0 radical (unpaired) electrons. The molecule has 0 saturated carbocycles. The molecule has 172 valence electrons. The van der Waals surface area contributed by atoms with E-state index in [0.29, 0.717) is 52.7 Å². The lowest BCUT2D eigenvalue weighted by Gasteiger charge is -2.28. The molecule has 0 aliphatic rings. The first-order valence-electron chi connectivity index (χ1n) is 11.0. The van der Waals surface area contributed by atoms with Gasteiger partial charge in [-0.15, -0.1) is 0 Å². The van der Waals surface area contributed by atoms with Crippen molar-refractivity contribution in [1.29, 1.82) is 0 Å². The number of aliphatic imine (C=N–C) groups is 2. The highest BCUT2D eigenvalue weighted by Crippen LogP contribution is 2.19. The van der Waals surface area contributed by atoms with Crippen LogP contribution in [0.25, 0.3) is 0 Å². The Balaban J connectivity index is 4.39. The Hall–Kier alpha value is -0.426. The van der Waals surface area contributed by atoms with Crippen molar-refractivity contribution in [3.63, 3.8) is 0 Å². The predicted octanol–water partition coefficient (Wildman–Crippen LogP) is 4.04. The molecule has 0 aromatic rings. The average molecular weight is 451 g/mol. The van der Waals surface area contributed by atoms with Gasteiger partial charge in [0.05, 0.1) is 6.01 Å². The highest BCUT2D eigenvalue weighted by molar-refractivity contribution is 6.61. The second-order valence-corrected chi connectivity index (χ2v) is 11.5. The van der Waals surface area contributed by atoms with E-state index in [-0.39, 0.29) is 0 Å². The van der Waals surface area contributed by atoms with Gasteiger partial charge in [0.25, 0.3) is 0 Å². The van der Waals surface area contributed by atoms with Crippen LogP contribution in [0.1, 0.15) is 54.4 Å². The molecular formula is C19H42N2O6Si2. The zero-order chi connectivity index (χ0) is 21.8. The van der Waals surface area contributed by atoms with Gasteiger partial charge in [-0.2, -0.15) is 0 Å². The summed E-state index contributed by atoms with van der Waals surface area (Å²) in [5.41, 5.74) is 0. The molecule has 0 atom stereocenters. The first kappa shape index (κ1) is 28.6. The largest absolute Gasteiger partial charge is 0.500 e. The molecule has 0 heterocycles. The van der Waals surface area contributed by atoms with Gasteiger partial charge in [-0.3, -0.25) is 0 Å². The maximum Gasteiger partial charge on any atom is 0.500 e. The number of nitrogens with zero attached hydrogens (tertiary/aromatic N) is 2. The lowest BCUT2D eigenvalue weighted by molar-refractivity contribution is 0.0702. The van der Waals surface area contributed by atoms with Crippen molar-refractivity contribution in [1.82, 2.24) is 0 Å². The van der Waals surface area contributed by atoms with Gasteiger partial charge in [-0.25, -0.2) is 9.98 Å². The van der Waals surface area contributed by atoms with Crippen molar-refractivity contribution in [3.05, 3.63) is 0 Å². The van der Waals surface area contributed by atoms with Gasteiger partial charge in [-0.05, 0) is 54.4 Å². The van der Waals surface area contributed by atoms with Crippen LogP contribution >= 0.6 is 0 Å². The summed E-state index contributed by atoms with van der Waals surface area (Å²) < 4.78 is 35.0. The van der Waals surface area contributed by atoms with Gasteiger partial charge in [0.2, 0.25) is 0 Å². The topological polar surface area (TPSA) is 80.1 Å². The highest BCUT2D eigenvalue weighted by Gasteiger charge is 2.40. The molecule has 0 unspecified atom stereocenters. The van der Waals surface area contributed by atoms with E-state index in [2.05, 4.69) is 16.0 Å². The fraction of sp³-hybridized carbons (Fsp3) is 0.947. The Morgan fingerprint density at radius 3 is 1.03 bits per heavy atom. The second kappa shape index (κ2) is 18.4. The molecule has 0 spiro atoms. The van der Waals surface area contributed by atoms with Crippen LogP contribution in [-0.4, -0.2) is 76.3 Å². The summed E-state index contributed by atoms with van der Waals surface area (Å²) in [6, 6.07) is 4.28. The minimum absolute atomic E-state index is 0.590. The zero-order valence-corrected chi connectivity index (χ0v) is 21.3. The summed E-state index contributed by atoms with van der Waals surface area (Å²) >= 11 is 0. The first-order chi connectivity index (χ1) is 14.1. The zero-order valence-electron chi connectivity index (χ0n) is 19.3. The first-order valence-corrected chi connectivity index (χ1v) is 14.8. The Bertz CT molecular complexity index is 380. The predicted molar refractivity (Wildman–Crippen MR) is 120 cm³/mol. The van der Waals surface area contributed by atoms with E-state index >= 15 is 0 Å². The number of rotatable bonds is 20. The van der Waals surface area contributed by atoms with Gasteiger partial charge in [0.15, 0.2) is 0 Å². The molecule has 0 N–H and O–H groups in total. The molecule has 0 saturated heterocycles. The number of hydrogen-bond donors (Lipinski definition) is 0. The third-order valence-corrected chi connectivity index (χ3v) is 10.1. The Labute approximate surface area is 179 Å². The number of hydrogen-bond acceptors (Lipinski definition) is 8. The maximum atomic E-state index is 5.84. The van der Waals surface area contributed by atoms with E-state index in [9.17, 15) is 0 Å². The lowest BCUT2D eigenvalue weighted by Crippen LogP contribution is -2.46. The summed E-state index contributed by atoms with van der Waals surface area (Å²) in [7, 11) is -5.15. The Morgan fingerprint density at radius 2 is 0.793 bits per heavy atom. The van der Waals surface area contributed by atoms with Gasteiger partial charge < -0.3 is 26.6 Å². The minimum Gasteiger partial charge on any atom is -0.374 e. The summed E-state index contributed by atoms with van der Waals surface area (Å²) in [6.07, 6.45) is 1.65. The smallest absolute Gasteiger partial charge is 0.374 e. The standard InChI is InChI=1S/C19H42N2O6Si2/c1-7-22-28(23-8-2,24-9-3)17-13-15-20-19-21-16-14-18-29(25-10-4,26-11-5)27-12-6/h7-18H2,1-6H3. The summed E-state index contributed by atoms with van der Waals surface area (Å²) in [5, 5.41) is 0. The van der Waals surface area contributed by atoms with Crippen LogP contribution in [0.4, 0.5) is 0 Å². The molecule has 0 aromatic heterocycles. The molecule has 10 heteroatoms. The van der Waals surface area contributed by atoms with Crippen LogP contribution in [0.15, 0.2) is 9.98 Å². The van der Waals surface area contributed by atoms with E-state index in [1.807, 2.05) is 41.5 Å². The molecule has 29 heavy (non-hydrogen) atoms. The van der Waals surface area contributed by atoms with Gasteiger partial charge in [0, 0.05) is 64.8 Å². The minimum atomic E-state index is -2.58. The molecular weight excluding hydrogens is 408 g/mol. The lowest BCUT2D eigenvalue weighted by atomic mass is 10.5. The van der Waals surface area contributed by atoms with Crippen molar-refractivity contribution in [3.8, 4) is 0 Å². The van der Waals surface area contributed by atoms with Gasteiger partial charge in [0.1, 0.15) is 0 Å². The van der Waals surface area contributed by atoms with Crippen molar-refractivity contribution >= 4 is 23.6 Å². The average Bonchev–Trinajstić information content (AvgIpc) is 2.68. The monoisotopic (exact) mass is 450 g/mol. The third-order valence-electron chi connectivity index (χ3n) is 3.83. The summed E-state index contributed by atoms with van der Waals surface area (Å²) in [6.45, 7) is 16.6. The van der Waals surface area contributed by atoms with Crippen LogP contribution in [0, 0.1) is 0 Å². The SMILES string of the molecule is CCO[Si](CCCN=C=NCCC[Si](OCC)(OCC)OCC)(OCC)OCC. The van der Waals surface area contributed by atoms with Crippen LogP contribution < -0.4 is 0 Å². The summed E-state index contributed by atoms with van der Waals surface area (Å²) in [4.78, 5) is 8.51. The van der Waals surface area contributed by atoms with Crippen molar-refractivity contribution in [2.24, 2.45) is 9.98 Å². The van der Waals surface area contributed by atoms with Crippen LogP contribution in [-0.2, 0) is 26.6 Å². The normalized spacial score (nSPS) is 12.1. The third kappa shape index (κ3) is 12.8. The molecule has 8 nitrogen and oxygen atoms in total. The molecule has 0 rings (SSSR count). The van der Waals surface area contributed by atoms with E-state index in [1.54, 1.807) is 0 Å². The molecule has 0 aromatic carbocycles. The maximum absolute atomic E-state index is 5.84. The fourth-order valence-electron chi connectivity index (χ4n) is 2.90. The second-order valence-electron chi connectivity index (χ2n) is 6.03. The Kier molecular flexibility index (Phi) is 18.1. The van der Waals surface area contributed by atoms with Crippen LogP contribution in [0.2, 0.25) is 12.1 Å². The van der Waals surface area contributed by atoms with E-state index in [4.69, 9.17) is 26.6 Å². The Morgan fingerprint density at radius 1 is 0.517 bits per heavy atom. The van der Waals surface area contributed by atoms with E-state index in [0.717, 1.165) is 24.9 Å². The van der Waals surface area contributed by atoms with Crippen molar-refractivity contribution < 1.29 is 26.6 Å². The quantitative estimate of drug-likeness (QED) is 0.158. The van der Waals surface area contributed by atoms with Crippen LogP contribution in [0.3, 0.4) is 0 Å². The summed E-state index contributed by atoms with van der Waals surface area (Å²) in [5.74, 6) is 0. The van der Waals surface area contributed by atoms with Crippen LogP contribution in [0.5, 0.6) is 0 Å². The van der Waals surface area contributed by atoms with Gasteiger partial charge >= 0.3 is 17.6 Å². The fourth-order valence-corrected chi connectivity index (χ4v) is 8.09. The van der Waals surface area contributed by atoms with Crippen molar-refractivity contribution in [2.75, 3.05) is 52.7 Å². The molecule has 0 fully saturated rings. The highest BCUT2D eigenvalue weighted by atomic mass is 28.4. The van der Waals surface area contributed by atoms with E-state index < -0.39 is 17.6 Å². The van der Waals surface area contributed by atoms with E-state index in [1.165, 1.54) is 0 Å². The molecule has 0 amide bonds. The molecule has 0 aliphatic carbocycles. The molecule has 0 bridgehead atoms. The van der Waals surface area contributed by atoms with Gasteiger partial charge in [-0.1, -0.05) is 0 Å².